The number of aryl methyl sites for hydroxylation is 2. The van der Waals surface area contributed by atoms with Crippen LogP contribution < -0.4 is 0 Å². The summed E-state index contributed by atoms with van der Waals surface area (Å²) in [6.07, 6.45) is 4.39. The summed E-state index contributed by atoms with van der Waals surface area (Å²) in [6, 6.07) is 1.90. The number of hydrogen-bond acceptors (Lipinski definition) is 4. The van der Waals surface area contributed by atoms with Crippen molar-refractivity contribution in [2.24, 2.45) is 4.99 Å². The van der Waals surface area contributed by atoms with Gasteiger partial charge in [-0.3, -0.25) is 23.8 Å². The van der Waals surface area contributed by atoms with Crippen molar-refractivity contribution < 1.29 is 18.6 Å². The predicted molar refractivity (Wildman–Crippen MR) is 107 cm³/mol. The molecular weight excluding hydrogens is 360 g/mol. The summed E-state index contributed by atoms with van der Waals surface area (Å²) in [5, 5.41) is 0. The highest BCUT2D eigenvalue weighted by Crippen LogP contribution is 2.32. The lowest BCUT2D eigenvalue weighted by molar-refractivity contribution is -0.137. The van der Waals surface area contributed by atoms with Gasteiger partial charge in [-0.15, -0.1) is 0 Å². The Hall–Kier alpha value is -2.74. The van der Waals surface area contributed by atoms with E-state index in [0.29, 0.717) is 0 Å². The van der Waals surface area contributed by atoms with Gasteiger partial charge in [-0.25, -0.2) is 0 Å². The summed E-state index contributed by atoms with van der Waals surface area (Å²) in [6.45, 7) is 9.48. The maximum atomic E-state index is 15.0. The summed E-state index contributed by atoms with van der Waals surface area (Å²) in [5.74, 6) is -0.815. The van der Waals surface area contributed by atoms with E-state index in [4.69, 9.17) is 4.65 Å². The fourth-order valence-electron chi connectivity index (χ4n) is 3.69. The van der Waals surface area contributed by atoms with Crippen LogP contribution in [0.3, 0.4) is 0 Å². The minimum absolute atomic E-state index is 0.00508. The molecule has 3 rings (SSSR count). The first-order valence-corrected chi connectivity index (χ1v) is 9.13. The van der Waals surface area contributed by atoms with Gasteiger partial charge in [-0.05, 0) is 63.5 Å². The molecule has 6 nitrogen and oxygen atoms in total. The van der Waals surface area contributed by atoms with Crippen molar-refractivity contribution in [3.05, 3.63) is 52.5 Å². The zero-order chi connectivity index (χ0) is 20.6. The smallest absolute Gasteiger partial charge is 0.386 e. The van der Waals surface area contributed by atoms with Crippen LogP contribution in [0.4, 0.5) is 4.32 Å². The Morgan fingerprint density at radius 3 is 2.39 bits per heavy atom. The number of imide groups is 1. The van der Waals surface area contributed by atoms with Crippen LogP contribution >= 0.6 is 0 Å². The normalized spacial score (nSPS) is 18.1. The van der Waals surface area contributed by atoms with Crippen molar-refractivity contribution in [3.63, 3.8) is 0 Å². The van der Waals surface area contributed by atoms with Gasteiger partial charge in [0.2, 0.25) is 0 Å². The monoisotopic (exact) mass is 383 g/mol. The van der Waals surface area contributed by atoms with Crippen LogP contribution in [-0.2, 0) is 14.2 Å². The first kappa shape index (κ1) is 20.0. The minimum atomic E-state index is -1.74. The highest BCUT2D eigenvalue weighted by Gasteiger charge is 2.29. The van der Waals surface area contributed by atoms with Gasteiger partial charge in [0.15, 0.2) is 0 Å². The number of rotatable bonds is 6. The fraction of sp³-hybridized carbons (Fsp3) is 0.350. The van der Waals surface area contributed by atoms with Gasteiger partial charge in [0, 0.05) is 29.3 Å². The summed E-state index contributed by atoms with van der Waals surface area (Å²) < 4.78 is 21.8. The molecule has 3 heterocycles. The van der Waals surface area contributed by atoms with Crippen molar-refractivity contribution in [1.82, 2.24) is 9.38 Å². The van der Waals surface area contributed by atoms with Crippen molar-refractivity contribution in [3.8, 4) is 0 Å². The first-order valence-electron chi connectivity index (χ1n) is 9.13. The zero-order valence-corrected chi connectivity index (χ0v) is 16.7. The van der Waals surface area contributed by atoms with Crippen molar-refractivity contribution in [2.75, 3.05) is 13.2 Å². The van der Waals surface area contributed by atoms with Crippen LogP contribution in [0.2, 0.25) is 0 Å². The Balaban J connectivity index is 1.81. The summed E-state index contributed by atoms with van der Waals surface area (Å²) in [4.78, 5) is 28.7. The maximum absolute atomic E-state index is 15.0. The molecule has 0 saturated heterocycles. The molecule has 2 aliphatic heterocycles. The van der Waals surface area contributed by atoms with Crippen LogP contribution in [0, 0.1) is 13.8 Å². The summed E-state index contributed by atoms with van der Waals surface area (Å²) in [7, 11) is -1.74. The third-order valence-electron chi connectivity index (χ3n) is 4.89. The van der Waals surface area contributed by atoms with Crippen LogP contribution in [-0.4, -0.2) is 47.4 Å². The molecule has 0 saturated carbocycles. The van der Waals surface area contributed by atoms with E-state index in [1.165, 1.54) is 16.6 Å². The largest absolute Gasteiger partial charge is 0.637 e. The molecule has 0 aliphatic carbocycles. The third-order valence-corrected chi connectivity index (χ3v) is 4.89. The topological polar surface area (TPSA) is 63.9 Å². The molecule has 0 N–H and O–H groups in total. The molecule has 0 unspecified atom stereocenters. The average Bonchev–Trinajstić information content (AvgIpc) is 3.23. The van der Waals surface area contributed by atoms with E-state index in [1.807, 2.05) is 46.8 Å². The highest BCUT2D eigenvalue weighted by molar-refractivity contribution is 6.42. The quantitative estimate of drug-likeness (QED) is 0.561. The number of aliphatic imine (C=N–C) groups is 1. The van der Waals surface area contributed by atoms with Crippen LogP contribution in [0.1, 0.15) is 37.7 Å². The SMILES string of the molecule is CC1=CC(C)=N/C1=C(/C)c1c(C)cc(C)n1B(F)OCCN1C(=O)C=CC1=O. The number of aromatic nitrogens is 1. The maximum Gasteiger partial charge on any atom is 0.637 e. The highest BCUT2D eigenvalue weighted by atomic mass is 19.1. The number of carbonyl (C=O) groups excluding carboxylic acids is 2. The molecule has 0 fully saturated rings. The van der Waals surface area contributed by atoms with Gasteiger partial charge >= 0.3 is 7.33 Å². The molecule has 1 aromatic heterocycles. The zero-order valence-electron chi connectivity index (χ0n) is 16.7. The van der Waals surface area contributed by atoms with E-state index in [0.717, 1.165) is 44.4 Å². The number of amides is 2. The van der Waals surface area contributed by atoms with Gasteiger partial charge in [-0.1, -0.05) is 0 Å². The number of nitrogens with zero attached hydrogens (tertiary/aromatic N) is 3. The average molecular weight is 383 g/mol. The van der Waals surface area contributed by atoms with E-state index in [-0.39, 0.29) is 13.2 Å². The molecule has 8 heteroatoms. The number of halogens is 1. The molecule has 28 heavy (non-hydrogen) atoms. The number of allylic oxidation sites excluding steroid dienone is 3. The lowest BCUT2D eigenvalue weighted by Crippen LogP contribution is -2.36. The lowest BCUT2D eigenvalue weighted by atomic mass is 10.0. The molecule has 1 aromatic rings. The van der Waals surface area contributed by atoms with Gasteiger partial charge in [0.25, 0.3) is 11.8 Å². The van der Waals surface area contributed by atoms with E-state index < -0.39 is 19.1 Å². The molecule has 0 radical (unpaired) electrons. The number of hydrogen-bond donors (Lipinski definition) is 0. The molecule has 0 aromatic carbocycles. The standard InChI is InChI=1S/C20H23BFN3O3/c1-12-10-14(3)23-19(12)16(5)20-13(2)11-15(4)25(20)21(22)28-9-8-24-17(26)6-7-18(24)27/h6-7,10-11H,8-9H2,1-5H3/b19-16-. The first-order chi connectivity index (χ1) is 13.2. The molecule has 0 spiro atoms. The van der Waals surface area contributed by atoms with Crippen molar-refractivity contribution >= 4 is 30.4 Å². The van der Waals surface area contributed by atoms with E-state index >= 15 is 4.32 Å². The van der Waals surface area contributed by atoms with E-state index in [1.54, 1.807) is 0 Å². The predicted octanol–water partition coefficient (Wildman–Crippen LogP) is 3.00. The Morgan fingerprint density at radius 1 is 1.18 bits per heavy atom. The molecular formula is C20H23BFN3O3. The second-order valence-corrected chi connectivity index (χ2v) is 7.07. The second-order valence-electron chi connectivity index (χ2n) is 7.07. The lowest BCUT2D eigenvalue weighted by Gasteiger charge is -2.18. The van der Waals surface area contributed by atoms with E-state index in [2.05, 4.69) is 4.99 Å². The second kappa shape index (κ2) is 7.71. The van der Waals surface area contributed by atoms with Gasteiger partial charge < -0.3 is 9.13 Å². The minimum Gasteiger partial charge on any atom is -0.386 e. The Labute approximate surface area is 164 Å². The Kier molecular flexibility index (Phi) is 5.51. The van der Waals surface area contributed by atoms with Crippen LogP contribution in [0.5, 0.6) is 0 Å². The van der Waals surface area contributed by atoms with Crippen LogP contribution in [0.15, 0.2) is 40.6 Å². The number of carbonyl (C=O) groups is 2. The molecule has 2 amide bonds. The molecule has 0 bridgehead atoms. The van der Waals surface area contributed by atoms with Gasteiger partial charge in [0.1, 0.15) is 0 Å². The van der Waals surface area contributed by atoms with Crippen molar-refractivity contribution in [1.29, 1.82) is 0 Å². The fourth-order valence-corrected chi connectivity index (χ4v) is 3.69. The summed E-state index contributed by atoms with van der Waals surface area (Å²) >= 11 is 0. The summed E-state index contributed by atoms with van der Waals surface area (Å²) in [5.41, 5.74) is 6.03. The Bertz CT molecular complexity index is 954. The van der Waals surface area contributed by atoms with Gasteiger partial charge in [0.05, 0.1) is 18.8 Å². The molecule has 2 aliphatic rings. The van der Waals surface area contributed by atoms with Crippen LogP contribution in [0.25, 0.3) is 5.57 Å². The van der Waals surface area contributed by atoms with Crippen molar-refractivity contribution in [2.45, 2.75) is 34.6 Å². The Morgan fingerprint density at radius 2 is 1.82 bits per heavy atom. The molecule has 146 valence electrons. The van der Waals surface area contributed by atoms with Gasteiger partial charge in [-0.2, -0.15) is 0 Å². The van der Waals surface area contributed by atoms with E-state index in [9.17, 15) is 9.59 Å². The third kappa shape index (κ3) is 3.64. The molecule has 0 atom stereocenters.